The molecule has 1 aliphatic heterocycles. The van der Waals surface area contributed by atoms with E-state index in [4.69, 9.17) is 0 Å². The molecule has 1 aromatic carbocycles. The lowest BCUT2D eigenvalue weighted by Gasteiger charge is -2.34. The highest BCUT2D eigenvalue weighted by atomic mass is 32.2. The molecule has 1 aromatic heterocycles. The summed E-state index contributed by atoms with van der Waals surface area (Å²) in [6.07, 6.45) is -4.82. The number of aromatic nitrogens is 2. The van der Waals surface area contributed by atoms with Gasteiger partial charge in [-0.3, -0.25) is 0 Å². The minimum atomic E-state index is -4.82. The van der Waals surface area contributed by atoms with Crippen molar-refractivity contribution in [3.8, 4) is 5.75 Å². The highest BCUT2D eigenvalue weighted by Crippen LogP contribution is 2.26. The molecule has 2 heterocycles. The Kier molecular flexibility index (Phi) is 5.48. The van der Waals surface area contributed by atoms with Crippen LogP contribution < -0.4 is 9.64 Å². The van der Waals surface area contributed by atoms with Crippen molar-refractivity contribution in [2.24, 2.45) is 0 Å². The maximum absolute atomic E-state index is 12.8. The number of halogens is 3. The van der Waals surface area contributed by atoms with E-state index in [9.17, 15) is 21.6 Å². The average molecular weight is 416 g/mol. The molecular weight excluding hydrogens is 397 g/mol. The summed E-state index contributed by atoms with van der Waals surface area (Å²) in [7, 11) is -3.81. The van der Waals surface area contributed by atoms with E-state index in [2.05, 4.69) is 14.7 Å². The fraction of sp³-hybridized carbons (Fsp3) is 0.412. The third-order valence-corrected chi connectivity index (χ3v) is 6.12. The van der Waals surface area contributed by atoms with Gasteiger partial charge in [-0.05, 0) is 38.1 Å². The van der Waals surface area contributed by atoms with E-state index in [1.54, 1.807) is 6.92 Å². The largest absolute Gasteiger partial charge is 0.573 e. The Morgan fingerprint density at radius 1 is 1.00 bits per heavy atom. The summed E-state index contributed by atoms with van der Waals surface area (Å²) < 4.78 is 67.3. The summed E-state index contributed by atoms with van der Waals surface area (Å²) in [5.41, 5.74) is 0.832. The van der Waals surface area contributed by atoms with Crippen molar-refractivity contribution in [2.75, 3.05) is 31.1 Å². The average Bonchev–Trinajstić information content (AvgIpc) is 2.60. The molecule has 1 aliphatic rings. The van der Waals surface area contributed by atoms with Gasteiger partial charge in [-0.2, -0.15) is 4.31 Å². The number of benzene rings is 1. The van der Waals surface area contributed by atoms with Crippen LogP contribution in [0.2, 0.25) is 0 Å². The van der Waals surface area contributed by atoms with E-state index in [-0.39, 0.29) is 18.0 Å². The lowest BCUT2D eigenvalue weighted by molar-refractivity contribution is -0.274. The third-order valence-electron chi connectivity index (χ3n) is 4.21. The van der Waals surface area contributed by atoms with Crippen molar-refractivity contribution in [1.29, 1.82) is 0 Å². The van der Waals surface area contributed by atoms with Crippen molar-refractivity contribution in [1.82, 2.24) is 14.3 Å². The minimum Gasteiger partial charge on any atom is -0.406 e. The van der Waals surface area contributed by atoms with Crippen LogP contribution in [0.25, 0.3) is 0 Å². The zero-order chi connectivity index (χ0) is 20.5. The van der Waals surface area contributed by atoms with Crippen LogP contribution in [0.3, 0.4) is 0 Å². The molecule has 0 saturated carbocycles. The molecule has 1 saturated heterocycles. The summed E-state index contributed by atoms with van der Waals surface area (Å²) >= 11 is 0. The third kappa shape index (κ3) is 4.71. The standard InChI is InChI=1S/C17H19F3N4O3S/c1-12-11-16(22-13(2)21-12)23-7-9-24(10-8-23)28(25,26)15-5-3-14(4-6-15)27-17(18,19)20/h3-6,11H,7-10H2,1-2H3. The minimum absolute atomic E-state index is 0.0794. The fourth-order valence-electron chi connectivity index (χ4n) is 2.98. The Morgan fingerprint density at radius 2 is 1.61 bits per heavy atom. The van der Waals surface area contributed by atoms with Gasteiger partial charge >= 0.3 is 6.36 Å². The number of piperazine rings is 1. The number of alkyl halides is 3. The molecule has 0 radical (unpaired) electrons. The summed E-state index contributed by atoms with van der Waals surface area (Å²) in [6, 6.07) is 6.04. The maximum Gasteiger partial charge on any atom is 0.573 e. The van der Waals surface area contributed by atoms with E-state index in [0.29, 0.717) is 18.9 Å². The molecule has 1 fully saturated rings. The molecule has 11 heteroatoms. The number of ether oxygens (including phenoxy) is 1. The van der Waals surface area contributed by atoms with Crippen molar-refractivity contribution in [3.05, 3.63) is 41.9 Å². The molecule has 3 rings (SSSR count). The monoisotopic (exact) mass is 416 g/mol. The highest BCUT2D eigenvalue weighted by Gasteiger charge is 2.32. The molecule has 0 spiro atoms. The van der Waals surface area contributed by atoms with E-state index in [1.165, 1.54) is 4.31 Å². The Bertz CT molecular complexity index is 921. The molecular formula is C17H19F3N4O3S. The van der Waals surface area contributed by atoms with Crippen LogP contribution in [0.5, 0.6) is 5.75 Å². The Hall–Kier alpha value is -2.40. The first kappa shape index (κ1) is 20.3. The molecule has 0 unspecified atom stereocenters. The van der Waals surface area contributed by atoms with Crippen LogP contribution in [0, 0.1) is 13.8 Å². The molecule has 0 N–H and O–H groups in total. The predicted octanol–water partition coefficient (Wildman–Crippen LogP) is 2.50. The Balaban J connectivity index is 1.69. The number of hydrogen-bond donors (Lipinski definition) is 0. The molecule has 0 bridgehead atoms. The molecule has 2 aromatic rings. The number of nitrogens with zero attached hydrogens (tertiary/aromatic N) is 4. The van der Waals surface area contributed by atoms with Gasteiger partial charge in [-0.1, -0.05) is 0 Å². The fourth-order valence-corrected chi connectivity index (χ4v) is 4.40. The van der Waals surface area contributed by atoms with E-state index >= 15 is 0 Å². The number of rotatable bonds is 4. The van der Waals surface area contributed by atoms with Gasteiger partial charge in [-0.25, -0.2) is 18.4 Å². The van der Waals surface area contributed by atoms with Crippen LogP contribution >= 0.6 is 0 Å². The normalized spacial score (nSPS) is 16.2. The van der Waals surface area contributed by atoms with E-state index < -0.39 is 22.1 Å². The predicted molar refractivity (Wildman–Crippen MR) is 95.6 cm³/mol. The van der Waals surface area contributed by atoms with Crippen LogP contribution in [0.15, 0.2) is 35.2 Å². The number of aryl methyl sites for hydroxylation is 2. The SMILES string of the molecule is Cc1cc(N2CCN(S(=O)(=O)c3ccc(OC(F)(F)F)cc3)CC2)nc(C)n1. The second-order valence-electron chi connectivity index (χ2n) is 6.33. The van der Waals surface area contributed by atoms with Crippen LogP contribution in [0.4, 0.5) is 19.0 Å². The van der Waals surface area contributed by atoms with Gasteiger partial charge < -0.3 is 9.64 Å². The number of anilines is 1. The van der Waals surface area contributed by atoms with Crippen molar-refractivity contribution in [3.63, 3.8) is 0 Å². The summed E-state index contributed by atoms with van der Waals surface area (Å²) in [6.45, 7) is 5.04. The van der Waals surface area contributed by atoms with Gasteiger partial charge in [0.05, 0.1) is 4.90 Å². The second kappa shape index (κ2) is 7.55. The highest BCUT2D eigenvalue weighted by molar-refractivity contribution is 7.89. The number of sulfonamides is 1. The van der Waals surface area contributed by atoms with Crippen LogP contribution in [0.1, 0.15) is 11.5 Å². The Morgan fingerprint density at radius 3 is 2.14 bits per heavy atom. The van der Waals surface area contributed by atoms with E-state index in [1.807, 2.05) is 17.9 Å². The lowest BCUT2D eigenvalue weighted by Crippen LogP contribution is -2.49. The van der Waals surface area contributed by atoms with Crippen molar-refractivity contribution in [2.45, 2.75) is 25.1 Å². The number of hydrogen-bond acceptors (Lipinski definition) is 6. The van der Waals surface area contributed by atoms with Gasteiger partial charge in [0.1, 0.15) is 17.4 Å². The summed E-state index contributed by atoms with van der Waals surface area (Å²) in [4.78, 5) is 10.5. The van der Waals surface area contributed by atoms with Gasteiger partial charge in [0, 0.05) is 37.9 Å². The molecule has 7 nitrogen and oxygen atoms in total. The smallest absolute Gasteiger partial charge is 0.406 e. The van der Waals surface area contributed by atoms with Crippen molar-refractivity contribution < 1.29 is 26.3 Å². The molecule has 28 heavy (non-hydrogen) atoms. The first-order valence-corrected chi connectivity index (χ1v) is 9.92. The molecule has 0 atom stereocenters. The van der Waals surface area contributed by atoms with E-state index in [0.717, 1.165) is 35.8 Å². The summed E-state index contributed by atoms with van der Waals surface area (Å²) in [5.74, 6) is 0.924. The second-order valence-corrected chi connectivity index (χ2v) is 8.26. The first-order chi connectivity index (χ1) is 13.0. The van der Waals surface area contributed by atoms with Gasteiger partial charge in [0.25, 0.3) is 0 Å². The first-order valence-electron chi connectivity index (χ1n) is 8.48. The summed E-state index contributed by atoms with van der Waals surface area (Å²) in [5, 5.41) is 0. The maximum atomic E-state index is 12.8. The van der Waals surface area contributed by atoms with Gasteiger partial charge in [0.15, 0.2) is 0 Å². The topological polar surface area (TPSA) is 75.6 Å². The van der Waals surface area contributed by atoms with Gasteiger partial charge in [-0.15, -0.1) is 13.2 Å². The zero-order valence-electron chi connectivity index (χ0n) is 15.3. The molecule has 152 valence electrons. The van der Waals surface area contributed by atoms with Crippen LogP contribution in [-0.4, -0.2) is 55.2 Å². The molecule has 0 amide bonds. The van der Waals surface area contributed by atoms with Crippen molar-refractivity contribution >= 4 is 15.8 Å². The zero-order valence-corrected chi connectivity index (χ0v) is 16.1. The molecule has 0 aliphatic carbocycles. The van der Waals surface area contributed by atoms with Crippen LogP contribution in [-0.2, 0) is 10.0 Å². The Labute approximate surface area is 160 Å². The quantitative estimate of drug-likeness (QED) is 0.763. The van der Waals surface area contributed by atoms with Gasteiger partial charge in [0.2, 0.25) is 10.0 Å². The lowest BCUT2D eigenvalue weighted by atomic mass is 10.3.